The van der Waals surface area contributed by atoms with Crippen molar-refractivity contribution in [3.63, 3.8) is 0 Å². The number of carbonyl (C=O) groups excluding carboxylic acids is 1. The number of nitrogens with zero attached hydrogens (tertiary/aromatic N) is 3. The molecule has 1 heterocycles. The van der Waals surface area contributed by atoms with E-state index in [1.807, 2.05) is 0 Å². The predicted octanol–water partition coefficient (Wildman–Crippen LogP) is 5.35. The first kappa shape index (κ1) is 25.8. The number of hydrogen-bond acceptors (Lipinski definition) is 9. The van der Waals surface area contributed by atoms with Gasteiger partial charge in [-0.2, -0.15) is 0 Å². The summed E-state index contributed by atoms with van der Waals surface area (Å²) in [6, 6.07) is 13.9. The Hall–Kier alpha value is -4.33. The number of aliphatic imine (C=N–C) groups is 1. The van der Waals surface area contributed by atoms with Crippen molar-refractivity contribution in [3.05, 3.63) is 106 Å². The van der Waals surface area contributed by atoms with Crippen molar-refractivity contribution in [2.24, 2.45) is 4.99 Å². The Labute approximate surface area is 223 Å². The highest BCUT2D eigenvalue weighted by Gasteiger charge is 2.26. The Bertz CT molecular complexity index is 1480. The monoisotopic (exact) mass is 615 g/mol. The summed E-state index contributed by atoms with van der Waals surface area (Å²) in [5.74, 6) is 0.161. The Morgan fingerprint density at radius 1 is 1.05 bits per heavy atom. The normalized spacial score (nSPS) is 13.8. The molecule has 0 N–H and O–H groups in total. The molecule has 4 rings (SSSR count). The van der Waals surface area contributed by atoms with E-state index >= 15 is 0 Å². The number of benzene rings is 3. The average Bonchev–Trinajstić information content (AvgIpc) is 3.23. The maximum Gasteiger partial charge on any atom is 0.363 e. The van der Waals surface area contributed by atoms with Crippen molar-refractivity contribution in [3.8, 4) is 11.5 Å². The minimum absolute atomic E-state index is 0.00911. The number of non-ortho nitro benzene ring substituents is 1. The highest BCUT2D eigenvalue weighted by atomic mass is 127. The Balaban J connectivity index is 1.57. The van der Waals surface area contributed by atoms with Crippen molar-refractivity contribution in [2.45, 2.75) is 13.5 Å². The molecule has 0 aliphatic carbocycles. The van der Waals surface area contributed by atoms with Crippen LogP contribution >= 0.6 is 22.6 Å². The molecule has 0 saturated carbocycles. The summed E-state index contributed by atoms with van der Waals surface area (Å²) in [6.45, 7) is 1.78. The van der Waals surface area contributed by atoms with E-state index in [1.54, 1.807) is 43.3 Å². The minimum Gasteiger partial charge on any atom is -0.493 e. The van der Waals surface area contributed by atoms with Crippen LogP contribution in [0.4, 0.5) is 11.4 Å². The van der Waals surface area contributed by atoms with Crippen LogP contribution in [0, 0.1) is 30.7 Å². The van der Waals surface area contributed by atoms with Gasteiger partial charge in [-0.25, -0.2) is 9.79 Å². The molecule has 0 spiro atoms. The van der Waals surface area contributed by atoms with E-state index in [-0.39, 0.29) is 29.6 Å². The quantitative estimate of drug-likeness (QED) is 0.109. The summed E-state index contributed by atoms with van der Waals surface area (Å²) < 4.78 is 17.3. The number of cyclic esters (lactones) is 1. The first-order valence-corrected chi connectivity index (χ1v) is 11.8. The van der Waals surface area contributed by atoms with Gasteiger partial charge in [-0.15, -0.1) is 0 Å². The third-order valence-corrected chi connectivity index (χ3v) is 6.16. The van der Waals surface area contributed by atoms with Crippen LogP contribution in [0.2, 0.25) is 0 Å². The van der Waals surface area contributed by atoms with E-state index in [9.17, 15) is 25.0 Å². The molecule has 0 amide bonds. The molecule has 188 valence electrons. The molecule has 37 heavy (non-hydrogen) atoms. The zero-order chi connectivity index (χ0) is 26.7. The van der Waals surface area contributed by atoms with Crippen LogP contribution in [0.5, 0.6) is 11.5 Å². The molecule has 0 bridgehead atoms. The number of rotatable bonds is 8. The highest BCUT2D eigenvalue weighted by Crippen LogP contribution is 2.36. The van der Waals surface area contributed by atoms with Crippen LogP contribution in [0.25, 0.3) is 6.08 Å². The summed E-state index contributed by atoms with van der Waals surface area (Å²) in [4.78, 5) is 37.8. The van der Waals surface area contributed by atoms with Gasteiger partial charge < -0.3 is 14.2 Å². The standard InChI is InChI=1S/C25H18IN3O8/c1-14-3-6-17(12-21(14)29(33)34)24-27-20(25(30)37-24)10-16-9-19(26)23(22(11-16)35-2)36-13-15-4-7-18(8-5-15)28(31)32/h3-12H,13H2,1-2H3/b20-10-. The molecule has 3 aromatic carbocycles. The van der Waals surface area contributed by atoms with Gasteiger partial charge in [-0.1, -0.05) is 6.07 Å². The number of aryl methyl sites for hydroxylation is 1. The summed E-state index contributed by atoms with van der Waals surface area (Å²) in [5.41, 5.74) is 2.04. The molecule has 0 unspecified atom stereocenters. The van der Waals surface area contributed by atoms with Crippen molar-refractivity contribution < 1.29 is 28.9 Å². The largest absolute Gasteiger partial charge is 0.493 e. The van der Waals surface area contributed by atoms with E-state index < -0.39 is 15.8 Å². The van der Waals surface area contributed by atoms with Crippen LogP contribution in [0.3, 0.4) is 0 Å². The third-order valence-electron chi connectivity index (χ3n) is 5.36. The lowest BCUT2D eigenvalue weighted by atomic mass is 10.1. The van der Waals surface area contributed by atoms with E-state index in [1.165, 1.54) is 31.4 Å². The van der Waals surface area contributed by atoms with Crippen LogP contribution in [0.1, 0.15) is 22.3 Å². The molecule has 12 heteroatoms. The van der Waals surface area contributed by atoms with Crippen LogP contribution in [-0.4, -0.2) is 28.8 Å². The summed E-state index contributed by atoms with van der Waals surface area (Å²) in [7, 11) is 1.48. The lowest BCUT2D eigenvalue weighted by Gasteiger charge is -2.13. The maximum absolute atomic E-state index is 12.4. The lowest BCUT2D eigenvalue weighted by molar-refractivity contribution is -0.385. The van der Waals surface area contributed by atoms with Gasteiger partial charge in [0.05, 0.1) is 20.5 Å². The van der Waals surface area contributed by atoms with Gasteiger partial charge in [-0.3, -0.25) is 20.2 Å². The van der Waals surface area contributed by atoms with Crippen molar-refractivity contribution in [2.75, 3.05) is 7.11 Å². The number of halogens is 1. The molecule has 0 radical (unpaired) electrons. The van der Waals surface area contributed by atoms with Gasteiger partial charge in [-0.05, 0) is 77.0 Å². The van der Waals surface area contributed by atoms with Crippen LogP contribution in [-0.2, 0) is 16.1 Å². The van der Waals surface area contributed by atoms with E-state index in [2.05, 4.69) is 27.6 Å². The van der Waals surface area contributed by atoms with Gasteiger partial charge in [0.25, 0.3) is 11.4 Å². The Kier molecular flexibility index (Phi) is 7.47. The molecule has 11 nitrogen and oxygen atoms in total. The number of carbonyl (C=O) groups is 1. The van der Waals surface area contributed by atoms with Gasteiger partial charge in [0.15, 0.2) is 17.2 Å². The topological polar surface area (TPSA) is 143 Å². The first-order chi connectivity index (χ1) is 17.7. The first-order valence-electron chi connectivity index (χ1n) is 10.7. The van der Waals surface area contributed by atoms with Crippen molar-refractivity contribution in [1.82, 2.24) is 0 Å². The van der Waals surface area contributed by atoms with E-state index in [0.29, 0.717) is 31.8 Å². The molecule has 1 aliphatic rings. The predicted molar refractivity (Wildman–Crippen MR) is 142 cm³/mol. The lowest BCUT2D eigenvalue weighted by Crippen LogP contribution is -2.06. The van der Waals surface area contributed by atoms with Crippen LogP contribution in [0.15, 0.2) is 65.3 Å². The summed E-state index contributed by atoms with van der Waals surface area (Å²) in [6.07, 6.45) is 1.52. The van der Waals surface area contributed by atoms with E-state index in [4.69, 9.17) is 14.2 Å². The molecular weight excluding hydrogens is 597 g/mol. The maximum atomic E-state index is 12.4. The molecular formula is C25H18IN3O8. The number of ether oxygens (including phenoxy) is 3. The second kappa shape index (κ2) is 10.7. The molecule has 1 aliphatic heterocycles. The number of hydrogen-bond donors (Lipinski definition) is 0. The second-order valence-electron chi connectivity index (χ2n) is 7.84. The molecule has 0 fully saturated rings. The Morgan fingerprint density at radius 3 is 2.43 bits per heavy atom. The van der Waals surface area contributed by atoms with Crippen molar-refractivity contribution >= 4 is 51.9 Å². The van der Waals surface area contributed by atoms with Crippen LogP contribution < -0.4 is 9.47 Å². The Morgan fingerprint density at radius 2 is 1.78 bits per heavy atom. The smallest absolute Gasteiger partial charge is 0.363 e. The van der Waals surface area contributed by atoms with Gasteiger partial charge in [0.2, 0.25) is 5.90 Å². The minimum atomic E-state index is -0.689. The molecule has 0 aromatic heterocycles. The third kappa shape index (κ3) is 5.74. The van der Waals surface area contributed by atoms with E-state index in [0.717, 1.165) is 5.56 Å². The fourth-order valence-electron chi connectivity index (χ4n) is 3.46. The molecule has 3 aromatic rings. The molecule has 0 atom stereocenters. The fourth-order valence-corrected chi connectivity index (χ4v) is 4.24. The second-order valence-corrected chi connectivity index (χ2v) is 9.00. The molecule has 0 saturated heterocycles. The summed E-state index contributed by atoms with van der Waals surface area (Å²) >= 11 is 2.07. The number of nitro benzene ring substituents is 2. The number of esters is 1. The number of nitro groups is 2. The zero-order valence-corrected chi connectivity index (χ0v) is 21.6. The SMILES string of the molecule is COc1cc(/C=C2\N=C(c3ccc(C)c([N+](=O)[O-])c3)OC2=O)cc(I)c1OCc1ccc([N+](=O)[O-])cc1. The fraction of sp³-hybridized carbons (Fsp3) is 0.120. The average molecular weight is 615 g/mol. The number of methoxy groups -OCH3 is 1. The van der Waals surface area contributed by atoms with Gasteiger partial charge in [0.1, 0.15) is 6.61 Å². The summed E-state index contributed by atoms with van der Waals surface area (Å²) in [5, 5.41) is 22.1. The van der Waals surface area contributed by atoms with Gasteiger partial charge in [0, 0.05) is 29.3 Å². The van der Waals surface area contributed by atoms with Gasteiger partial charge >= 0.3 is 5.97 Å². The zero-order valence-electron chi connectivity index (χ0n) is 19.5. The van der Waals surface area contributed by atoms with Crippen molar-refractivity contribution in [1.29, 1.82) is 0 Å². The highest BCUT2D eigenvalue weighted by molar-refractivity contribution is 14.1.